The summed E-state index contributed by atoms with van der Waals surface area (Å²) < 4.78 is 23.9. The van der Waals surface area contributed by atoms with Gasteiger partial charge in [0.2, 0.25) is 5.82 Å². The summed E-state index contributed by atoms with van der Waals surface area (Å²) in [5.41, 5.74) is 6.81. The van der Waals surface area contributed by atoms with Crippen LogP contribution in [0.4, 0.5) is 4.39 Å². The first-order valence-electron chi connectivity index (χ1n) is 6.06. The number of halogens is 1. The number of hydrogen-bond donors (Lipinski definition) is 1. The maximum atomic E-state index is 13.4. The van der Waals surface area contributed by atoms with Gasteiger partial charge >= 0.3 is 0 Å². The summed E-state index contributed by atoms with van der Waals surface area (Å²) in [4.78, 5) is 4.20. The van der Waals surface area contributed by atoms with E-state index in [2.05, 4.69) is 10.1 Å². The Morgan fingerprint density at radius 3 is 2.80 bits per heavy atom. The Balaban J connectivity index is 1.97. The lowest BCUT2D eigenvalue weighted by molar-refractivity contribution is 0.412. The minimum Gasteiger partial charge on any atom is -0.455 e. The fraction of sp³-hybridized carbons (Fsp3) is 0.143. The zero-order chi connectivity index (χ0) is 14.1. The summed E-state index contributed by atoms with van der Waals surface area (Å²) >= 11 is 0. The van der Waals surface area contributed by atoms with Gasteiger partial charge in [-0.05, 0) is 42.8 Å². The highest BCUT2D eigenvalue weighted by Gasteiger charge is 2.14. The van der Waals surface area contributed by atoms with Gasteiger partial charge in [0.1, 0.15) is 11.6 Å². The first kappa shape index (κ1) is 12.6. The molecular formula is C14H12FN3O2. The standard InChI is InChI=1S/C14H12FN3O2/c1-8-4-9(6-10(15)5-8)13-17-14(20-18-13)12-3-2-11(7-16)19-12/h2-6H,7,16H2,1H3. The van der Waals surface area contributed by atoms with Crippen LogP contribution < -0.4 is 5.73 Å². The summed E-state index contributed by atoms with van der Waals surface area (Å²) in [6.07, 6.45) is 0. The van der Waals surface area contributed by atoms with E-state index in [4.69, 9.17) is 14.7 Å². The van der Waals surface area contributed by atoms with E-state index in [0.717, 1.165) is 5.56 Å². The normalized spacial score (nSPS) is 10.9. The van der Waals surface area contributed by atoms with Crippen LogP contribution in [0.5, 0.6) is 0 Å². The number of aryl methyl sites for hydroxylation is 1. The van der Waals surface area contributed by atoms with Gasteiger partial charge in [0.25, 0.3) is 5.89 Å². The van der Waals surface area contributed by atoms with Crippen molar-refractivity contribution in [2.75, 3.05) is 0 Å². The Labute approximate surface area is 114 Å². The molecule has 2 N–H and O–H groups in total. The van der Waals surface area contributed by atoms with Gasteiger partial charge in [-0.2, -0.15) is 4.98 Å². The molecule has 0 amide bonds. The number of nitrogens with zero attached hydrogens (tertiary/aromatic N) is 2. The molecule has 3 aromatic rings. The molecular weight excluding hydrogens is 261 g/mol. The number of rotatable bonds is 3. The summed E-state index contributed by atoms with van der Waals surface area (Å²) in [5.74, 6) is 1.28. The molecule has 6 heteroatoms. The molecule has 2 aromatic heterocycles. The van der Waals surface area contributed by atoms with Crippen molar-refractivity contribution in [3.05, 3.63) is 47.5 Å². The zero-order valence-electron chi connectivity index (χ0n) is 10.8. The monoisotopic (exact) mass is 273 g/mol. The van der Waals surface area contributed by atoms with Crippen molar-refractivity contribution in [3.63, 3.8) is 0 Å². The summed E-state index contributed by atoms with van der Waals surface area (Å²) in [7, 11) is 0. The van der Waals surface area contributed by atoms with Crippen LogP contribution in [0.2, 0.25) is 0 Å². The van der Waals surface area contributed by atoms with Gasteiger partial charge in [-0.3, -0.25) is 0 Å². The van der Waals surface area contributed by atoms with Crippen LogP contribution in [0.3, 0.4) is 0 Å². The third-order valence-electron chi connectivity index (χ3n) is 2.80. The van der Waals surface area contributed by atoms with Crippen LogP contribution in [0.15, 0.2) is 39.3 Å². The van der Waals surface area contributed by atoms with E-state index in [9.17, 15) is 4.39 Å². The Hall–Kier alpha value is -2.47. The molecule has 0 saturated carbocycles. The number of nitrogens with two attached hydrogens (primary N) is 1. The van der Waals surface area contributed by atoms with Crippen molar-refractivity contribution in [2.45, 2.75) is 13.5 Å². The van der Waals surface area contributed by atoms with Gasteiger partial charge in [-0.15, -0.1) is 0 Å². The van der Waals surface area contributed by atoms with E-state index in [-0.39, 0.29) is 11.7 Å². The van der Waals surface area contributed by atoms with E-state index >= 15 is 0 Å². The van der Waals surface area contributed by atoms with Crippen LogP contribution in [0, 0.1) is 12.7 Å². The Morgan fingerprint density at radius 2 is 2.10 bits per heavy atom. The van der Waals surface area contributed by atoms with Crippen molar-refractivity contribution in [3.8, 4) is 23.0 Å². The largest absolute Gasteiger partial charge is 0.455 e. The van der Waals surface area contributed by atoms with Gasteiger partial charge in [0.05, 0.1) is 6.54 Å². The lowest BCUT2D eigenvalue weighted by Gasteiger charge is -1.97. The minimum absolute atomic E-state index is 0.238. The van der Waals surface area contributed by atoms with Gasteiger partial charge in [-0.1, -0.05) is 5.16 Å². The maximum Gasteiger partial charge on any atom is 0.293 e. The first-order chi connectivity index (χ1) is 9.65. The molecule has 0 saturated heterocycles. The Kier molecular flexibility index (Phi) is 3.08. The molecule has 5 nitrogen and oxygen atoms in total. The predicted octanol–water partition coefficient (Wildman–Crippen LogP) is 2.90. The highest BCUT2D eigenvalue weighted by molar-refractivity contribution is 5.58. The van der Waals surface area contributed by atoms with Gasteiger partial charge in [-0.25, -0.2) is 4.39 Å². The minimum atomic E-state index is -0.338. The van der Waals surface area contributed by atoms with Crippen molar-refractivity contribution in [2.24, 2.45) is 5.73 Å². The Morgan fingerprint density at radius 1 is 1.25 bits per heavy atom. The van der Waals surface area contributed by atoms with E-state index in [1.54, 1.807) is 25.1 Å². The molecule has 0 spiro atoms. The SMILES string of the molecule is Cc1cc(F)cc(-c2noc(-c3ccc(CN)o3)n2)c1. The highest BCUT2D eigenvalue weighted by Crippen LogP contribution is 2.24. The Bertz CT molecular complexity index is 728. The third kappa shape index (κ3) is 2.33. The summed E-state index contributed by atoms with van der Waals surface area (Å²) in [6.45, 7) is 2.09. The number of hydrogen-bond acceptors (Lipinski definition) is 5. The average molecular weight is 273 g/mol. The first-order valence-corrected chi connectivity index (χ1v) is 6.06. The number of benzene rings is 1. The fourth-order valence-electron chi connectivity index (χ4n) is 1.91. The van der Waals surface area contributed by atoms with Crippen LogP contribution in [0.1, 0.15) is 11.3 Å². The van der Waals surface area contributed by atoms with Crippen LogP contribution in [-0.2, 0) is 6.54 Å². The third-order valence-corrected chi connectivity index (χ3v) is 2.80. The molecule has 0 aliphatic heterocycles. The average Bonchev–Trinajstić information content (AvgIpc) is 3.06. The molecule has 0 unspecified atom stereocenters. The van der Waals surface area contributed by atoms with Crippen molar-refractivity contribution >= 4 is 0 Å². The molecule has 0 bridgehead atoms. The second-order valence-corrected chi connectivity index (χ2v) is 4.41. The molecule has 2 heterocycles. The lowest BCUT2D eigenvalue weighted by Crippen LogP contribution is -1.92. The molecule has 102 valence electrons. The number of furan rings is 1. The topological polar surface area (TPSA) is 78.1 Å². The molecule has 1 aromatic carbocycles. The van der Waals surface area contributed by atoms with Crippen molar-refractivity contribution in [1.82, 2.24) is 10.1 Å². The second-order valence-electron chi connectivity index (χ2n) is 4.41. The predicted molar refractivity (Wildman–Crippen MR) is 70.0 cm³/mol. The summed E-state index contributed by atoms with van der Waals surface area (Å²) in [6, 6.07) is 8.02. The second kappa shape index (κ2) is 4.90. The molecule has 3 rings (SSSR count). The molecule has 0 radical (unpaired) electrons. The fourth-order valence-corrected chi connectivity index (χ4v) is 1.91. The smallest absolute Gasteiger partial charge is 0.293 e. The molecule has 0 aliphatic rings. The van der Waals surface area contributed by atoms with E-state index in [1.165, 1.54) is 12.1 Å². The van der Waals surface area contributed by atoms with Crippen molar-refractivity contribution in [1.29, 1.82) is 0 Å². The van der Waals surface area contributed by atoms with Crippen LogP contribution in [-0.4, -0.2) is 10.1 Å². The van der Waals surface area contributed by atoms with Crippen molar-refractivity contribution < 1.29 is 13.3 Å². The molecule has 0 aliphatic carbocycles. The lowest BCUT2D eigenvalue weighted by atomic mass is 10.1. The maximum absolute atomic E-state index is 13.4. The van der Waals surface area contributed by atoms with E-state index < -0.39 is 0 Å². The summed E-state index contributed by atoms with van der Waals surface area (Å²) in [5, 5.41) is 3.84. The molecule has 20 heavy (non-hydrogen) atoms. The molecule has 0 atom stereocenters. The van der Waals surface area contributed by atoms with Crippen LogP contribution in [0.25, 0.3) is 23.0 Å². The van der Waals surface area contributed by atoms with Gasteiger partial charge < -0.3 is 14.7 Å². The van der Waals surface area contributed by atoms with Crippen LogP contribution >= 0.6 is 0 Å². The van der Waals surface area contributed by atoms with Gasteiger partial charge in [0.15, 0.2) is 5.76 Å². The van der Waals surface area contributed by atoms with Gasteiger partial charge in [0, 0.05) is 5.56 Å². The van der Waals surface area contributed by atoms with E-state index in [0.29, 0.717) is 29.5 Å². The van der Waals surface area contributed by atoms with E-state index in [1.807, 2.05) is 0 Å². The zero-order valence-corrected chi connectivity index (χ0v) is 10.8. The quantitative estimate of drug-likeness (QED) is 0.793. The number of aromatic nitrogens is 2. The highest BCUT2D eigenvalue weighted by atomic mass is 19.1. The molecule has 0 fully saturated rings.